The van der Waals surface area contributed by atoms with Gasteiger partial charge in [0.05, 0.1) is 0 Å². The molecule has 0 saturated carbocycles. The third-order valence-electron chi connectivity index (χ3n) is 2.84. The van der Waals surface area contributed by atoms with Crippen LogP contribution in [0, 0.1) is 0 Å². The molecule has 1 aliphatic rings. The van der Waals surface area contributed by atoms with Gasteiger partial charge in [-0.1, -0.05) is 54.3 Å². The van der Waals surface area contributed by atoms with E-state index in [0.717, 1.165) is 17.4 Å². The van der Waals surface area contributed by atoms with Crippen LogP contribution in [0.3, 0.4) is 0 Å². The van der Waals surface area contributed by atoms with Crippen molar-refractivity contribution in [2.45, 2.75) is 19.3 Å². The first-order chi connectivity index (χ1) is 8.36. The van der Waals surface area contributed by atoms with Gasteiger partial charge in [0.25, 0.3) is 0 Å². The smallest absolute Gasteiger partial charge is 0.140 e. The molecule has 1 aromatic rings. The lowest BCUT2D eigenvalue weighted by Crippen LogP contribution is -2.32. The summed E-state index contributed by atoms with van der Waals surface area (Å²) in [6.07, 6.45) is 6.02. The maximum absolute atomic E-state index is 5.43. The molecule has 1 aliphatic heterocycles. The van der Waals surface area contributed by atoms with Gasteiger partial charge in [-0.25, -0.2) is 0 Å². The van der Waals surface area contributed by atoms with Crippen LogP contribution in [0.5, 0.6) is 0 Å². The van der Waals surface area contributed by atoms with E-state index < -0.39 is 0 Å². The SMILES string of the molecule is S=C(S/C=C/c1ccccc1)N1CCCCC1. The number of rotatable bonds is 2. The van der Waals surface area contributed by atoms with Gasteiger partial charge in [-0.2, -0.15) is 0 Å². The molecule has 90 valence electrons. The molecule has 0 spiro atoms. The highest BCUT2D eigenvalue weighted by molar-refractivity contribution is 8.24. The highest BCUT2D eigenvalue weighted by Crippen LogP contribution is 2.17. The van der Waals surface area contributed by atoms with Crippen molar-refractivity contribution in [1.82, 2.24) is 4.90 Å². The summed E-state index contributed by atoms with van der Waals surface area (Å²) in [5.74, 6) is 0. The zero-order chi connectivity index (χ0) is 11.9. The maximum atomic E-state index is 5.43. The minimum atomic E-state index is 1.01. The minimum Gasteiger partial charge on any atom is -0.357 e. The Kier molecular flexibility index (Phi) is 5.08. The van der Waals surface area contributed by atoms with Crippen molar-refractivity contribution in [2.75, 3.05) is 13.1 Å². The first-order valence-corrected chi connectivity index (χ1v) is 7.32. The van der Waals surface area contributed by atoms with Gasteiger partial charge >= 0.3 is 0 Å². The molecule has 0 unspecified atom stereocenters. The lowest BCUT2D eigenvalue weighted by molar-refractivity contribution is 0.352. The Labute approximate surface area is 113 Å². The Bertz CT molecular complexity index is 380. The summed E-state index contributed by atoms with van der Waals surface area (Å²) in [6, 6.07) is 10.3. The van der Waals surface area contributed by atoms with Crippen LogP contribution < -0.4 is 0 Å². The second-order valence-electron chi connectivity index (χ2n) is 4.14. The first-order valence-electron chi connectivity index (χ1n) is 6.03. The summed E-state index contributed by atoms with van der Waals surface area (Å²) < 4.78 is 1.01. The average Bonchev–Trinajstić information content (AvgIpc) is 2.41. The highest BCUT2D eigenvalue weighted by atomic mass is 32.2. The van der Waals surface area contributed by atoms with Crippen LogP contribution >= 0.6 is 24.0 Å². The van der Waals surface area contributed by atoms with Gasteiger partial charge in [-0.3, -0.25) is 0 Å². The lowest BCUT2D eigenvalue weighted by Gasteiger charge is -2.27. The van der Waals surface area contributed by atoms with Crippen LogP contribution in [0.1, 0.15) is 24.8 Å². The van der Waals surface area contributed by atoms with Gasteiger partial charge < -0.3 is 4.90 Å². The Morgan fingerprint density at radius 2 is 1.82 bits per heavy atom. The zero-order valence-corrected chi connectivity index (χ0v) is 11.5. The third-order valence-corrected chi connectivity index (χ3v) is 4.12. The fraction of sp³-hybridized carbons (Fsp3) is 0.357. The summed E-state index contributed by atoms with van der Waals surface area (Å²) >= 11 is 7.08. The number of hydrogen-bond acceptors (Lipinski definition) is 2. The molecule has 2 rings (SSSR count). The predicted octanol–water partition coefficient (Wildman–Crippen LogP) is 4.16. The molecule has 3 heteroatoms. The molecule has 1 nitrogen and oxygen atoms in total. The van der Waals surface area contributed by atoms with E-state index in [1.807, 2.05) is 18.2 Å². The summed E-state index contributed by atoms with van der Waals surface area (Å²) in [4.78, 5) is 2.32. The molecule has 0 aliphatic carbocycles. The van der Waals surface area contributed by atoms with Crippen LogP contribution in [0.25, 0.3) is 6.08 Å². The lowest BCUT2D eigenvalue weighted by atomic mass is 10.1. The van der Waals surface area contributed by atoms with E-state index in [1.54, 1.807) is 11.8 Å². The van der Waals surface area contributed by atoms with Crippen molar-refractivity contribution in [3.63, 3.8) is 0 Å². The fourth-order valence-corrected chi connectivity index (χ4v) is 2.91. The molecular weight excluding hydrogens is 246 g/mol. The van der Waals surface area contributed by atoms with Gasteiger partial charge in [0.15, 0.2) is 0 Å². The molecule has 0 aromatic heterocycles. The normalized spacial score (nSPS) is 16.4. The van der Waals surface area contributed by atoms with Crippen molar-refractivity contribution in [2.24, 2.45) is 0 Å². The largest absolute Gasteiger partial charge is 0.357 e. The van der Waals surface area contributed by atoms with Crippen molar-refractivity contribution >= 4 is 34.4 Å². The molecule has 0 radical (unpaired) electrons. The Morgan fingerprint density at radius 1 is 1.12 bits per heavy atom. The van der Waals surface area contributed by atoms with E-state index in [2.05, 4.69) is 28.5 Å². The summed E-state index contributed by atoms with van der Waals surface area (Å²) in [5, 5.41) is 2.09. The number of benzene rings is 1. The average molecular weight is 263 g/mol. The van der Waals surface area contributed by atoms with E-state index in [4.69, 9.17) is 12.2 Å². The maximum Gasteiger partial charge on any atom is 0.140 e. The highest BCUT2D eigenvalue weighted by Gasteiger charge is 2.12. The van der Waals surface area contributed by atoms with E-state index in [-0.39, 0.29) is 0 Å². The number of nitrogens with zero attached hydrogens (tertiary/aromatic N) is 1. The van der Waals surface area contributed by atoms with Gasteiger partial charge in [0.1, 0.15) is 4.32 Å². The minimum absolute atomic E-state index is 1.01. The quantitative estimate of drug-likeness (QED) is 0.738. The summed E-state index contributed by atoms with van der Waals surface area (Å²) in [6.45, 7) is 2.26. The summed E-state index contributed by atoms with van der Waals surface area (Å²) in [7, 11) is 0. The van der Waals surface area contributed by atoms with Crippen LogP contribution in [-0.4, -0.2) is 22.3 Å². The standard InChI is InChI=1S/C14H17NS2/c16-14(15-10-5-2-6-11-15)17-12-9-13-7-3-1-4-8-13/h1,3-4,7-9,12H,2,5-6,10-11H2/b12-9+. The number of thioether (sulfide) groups is 1. The molecule has 1 heterocycles. The molecule has 17 heavy (non-hydrogen) atoms. The fourth-order valence-electron chi connectivity index (χ4n) is 1.89. The van der Waals surface area contributed by atoms with E-state index in [0.29, 0.717) is 0 Å². The predicted molar refractivity (Wildman–Crippen MR) is 81.1 cm³/mol. The number of hydrogen-bond donors (Lipinski definition) is 0. The topological polar surface area (TPSA) is 3.24 Å². The Hall–Kier alpha value is -0.800. The van der Waals surface area contributed by atoms with Crippen LogP contribution in [-0.2, 0) is 0 Å². The Balaban J connectivity index is 1.81. The van der Waals surface area contributed by atoms with Crippen molar-refractivity contribution in [3.05, 3.63) is 41.3 Å². The second-order valence-corrected chi connectivity index (χ2v) is 5.68. The van der Waals surface area contributed by atoms with Crippen molar-refractivity contribution in [3.8, 4) is 0 Å². The zero-order valence-electron chi connectivity index (χ0n) is 9.84. The summed E-state index contributed by atoms with van der Waals surface area (Å²) in [5.41, 5.74) is 1.22. The first kappa shape index (κ1) is 12.7. The molecule has 0 bridgehead atoms. The monoisotopic (exact) mass is 263 g/mol. The van der Waals surface area contributed by atoms with E-state index in [1.165, 1.54) is 24.8 Å². The molecular formula is C14H17NS2. The second kappa shape index (κ2) is 6.82. The molecule has 1 saturated heterocycles. The van der Waals surface area contributed by atoms with Gasteiger partial charge in [0.2, 0.25) is 0 Å². The van der Waals surface area contributed by atoms with Crippen LogP contribution in [0.4, 0.5) is 0 Å². The third kappa shape index (κ3) is 4.17. The molecule has 0 N–H and O–H groups in total. The number of likely N-dealkylation sites (tertiary alicyclic amines) is 1. The number of thiocarbonyl (C=S) groups is 1. The van der Waals surface area contributed by atoms with Crippen LogP contribution in [0.15, 0.2) is 35.7 Å². The van der Waals surface area contributed by atoms with E-state index in [9.17, 15) is 0 Å². The van der Waals surface area contributed by atoms with Gasteiger partial charge in [-0.05, 0) is 36.3 Å². The molecule has 0 amide bonds. The molecule has 1 fully saturated rings. The Morgan fingerprint density at radius 3 is 2.53 bits per heavy atom. The molecule has 1 aromatic carbocycles. The molecule has 0 atom stereocenters. The van der Waals surface area contributed by atoms with Crippen molar-refractivity contribution < 1.29 is 0 Å². The van der Waals surface area contributed by atoms with Gasteiger partial charge in [-0.15, -0.1) is 0 Å². The number of piperidine rings is 1. The van der Waals surface area contributed by atoms with Crippen molar-refractivity contribution in [1.29, 1.82) is 0 Å². The van der Waals surface area contributed by atoms with Crippen LogP contribution in [0.2, 0.25) is 0 Å². The van der Waals surface area contributed by atoms with E-state index >= 15 is 0 Å². The van der Waals surface area contributed by atoms with Gasteiger partial charge in [0, 0.05) is 13.1 Å².